The molecule has 0 amide bonds. The minimum Gasteiger partial charge on any atom is -0.505 e. The lowest BCUT2D eigenvalue weighted by molar-refractivity contribution is 0.408. The van der Waals surface area contributed by atoms with Crippen LogP contribution >= 0.6 is 0 Å². The van der Waals surface area contributed by atoms with Crippen LogP contribution in [0.2, 0.25) is 0 Å². The molecule has 0 fully saturated rings. The molecule has 0 bridgehead atoms. The summed E-state index contributed by atoms with van der Waals surface area (Å²) in [5.41, 5.74) is 1.68. The van der Waals surface area contributed by atoms with Gasteiger partial charge in [-0.25, -0.2) is 4.39 Å². The first-order chi connectivity index (χ1) is 9.72. The van der Waals surface area contributed by atoms with Crippen molar-refractivity contribution in [2.75, 3.05) is 13.7 Å². The molecule has 2 aromatic rings. The quantitative estimate of drug-likeness (QED) is 0.797. The lowest BCUT2D eigenvalue weighted by Gasteiger charge is -2.10. The van der Waals surface area contributed by atoms with Gasteiger partial charge >= 0.3 is 0 Å². The highest BCUT2D eigenvalue weighted by molar-refractivity contribution is 5.34. The average Bonchev–Trinajstić information content (AvgIpc) is 2.48. The molecular weight excluding hydrogens is 257 g/mol. The van der Waals surface area contributed by atoms with Crippen LogP contribution in [0.5, 0.6) is 11.5 Å². The Morgan fingerprint density at radius 3 is 2.65 bits per heavy atom. The van der Waals surface area contributed by atoms with Gasteiger partial charge in [-0.15, -0.1) is 0 Å². The molecule has 3 nitrogen and oxygen atoms in total. The number of phenolic OH excluding ortho intramolecular Hbond substituents is 1. The van der Waals surface area contributed by atoms with Crippen LogP contribution in [-0.2, 0) is 13.0 Å². The molecule has 2 aromatic carbocycles. The van der Waals surface area contributed by atoms with Crippen LogP contribution in [0, 0.1) is 5.82 Å². The topological polar surface area (TPSA) is 41.5 Å². The molecule has 2 N–H and O–H groups in total. The Bertz CT molecular complexity index is 572. The zero-order valence-electron chi connectivity index (χ0n) is 11.4. The van der Waals surface area contributed by atoms with Crippen molar-refractivity contribution in [2.45, 2.75) is 13.0 Å². The van der Waals surface area contributed by atoms with Gasteiger partial charge in [-0.3, -0.25) is 0 Å². The van der Waals surface area contributed by atoms with Crippen LogP contribution in [0.15, 0.2) is 42.5 Å². The molecule has 0 aliphatic heterocycles. The highest BCUT2D eigenvalue weighted by Crippen LogP contribution is 2.20. The van der Waals surface area contributed by atoms with E-state index in [0.29, 0.717) is 12.1 Å². The van der Waals surface area contributed by atoms with Gasteiger partial charge in [0.1, 0.15) is 5.75 Å². The first-order valence-corrected chi connectivity index (χ1v) is 6.51. The number of methoxy groups -OCH3 is 1. The van der Waals surface area contributed by atoms with E-state index in [1.807, 2.05) is 24.3 Å². The molecule has 0 aliphatic rings. The minimum atomic E-state index is -0.589. The lowest BCUT2D eigenvalue weighted by Crippen LogP contribution is -2.17. The molecule has 0 spiro atoms. The monoisotopic (exact) mass is 275 g/mol. The van der Waals surface area contributed by atoms with E-state index in [1.54, 1.807) is 19.2 Å². The third kappa shape index (κ3) is 3.48. The van der Waals surface area contributed by atoms with Crippen molar-refractivity contribution in [1.82, 2.24) is 5.32 Å². The second-order valence-electron chi connectivity index (χ2n) is 4.49. The first-order valence-electron chi connectivity index (χ1n) is 6.51. The van der Waals surface area contributed by atoms with Gasteiger partial charge in [0, 0.05) is 12.1 Å². The van der Waals surface area contributed by atoms with Crippen LogP contribution in [0.25, 0.3) is 0 Å². The number of aromatic hydroxyl groups is 1. The molecule has 0 saturated carbocycles. The van der Waals surface area contributed by atoms with Gasteiger partial charge in [0.2, 0.25) is 0 Å². The highest BCUT2D eigenvalue weighted by Gasteiger charge is 2.06. The third-order valence-electron chi connectivity index (χ3n) is 3.15. The van der Waals surface area contributed by atoms with E-state index in [0.717, 1.165) is 24.3 Å². The maximum Gasteiger partial charge on any atom is 0.165 e. The fourth-order valence-corrected chi connectivity index (χ4v) is 2.06. The van der Waals surface area contributed by atoms with Crippen LogP contribution in [0.4, 0.5) is 4.39 Å². The van der Waals surface area contributed by atoms with Gasteiger partial charge in [0.15, 0.2) is 11.6 Å². The number of phenols is 1. The summed E-state index contributed by atoms with van der Waals surface area (Å²) in [4.78, 5) is 0. The summed E-state index contributed by atoms with van der Waals surface area (Å²) in [6, 6.07) is 12.4. The molecule has 0 atom stereocenters. The van der Waals surface area contributed by atoms with Crippen molar-refractivity contribution >= 4 is 0 Å². The Morgan fingerprint density at radius 1 is 1.10 bits per heavy atom. The fraction of sp³-hybridized carbons (Fsp3) is 0.250. The summed E-state index contributed by atoms with van der Waals surface area (Å²) in [5.74, 6) is -0.00535. The summed E-state index contributed by atoms with van der Waals surface area (Å²) in [6.07, 6.45) is 0.806. The number of para-hydroxylation sites is 2. The summed E-state index contributed by atoms with van der Waals surface area (Å²) in [7, 11) is 1.65. The van der Waals surface area contributed by atoms with E-state index in [4.69, 9.17) is 4.74 Å². The Kier molecular flexibility index (Phi) is 4.96. The molecule has 4 heteroatoms. The number of hydrogen-bond donors (Lipinski definition) is 2. The van der Waals surface area contributed by atoms with Crippen molar-refractivity contribution in [3.63, 3.8) is 0 Å². The van der Waals surface area contributed by atoms with Crippen LogP contribution in [-0.4, -0.2) is 18.8 Å². The van der Waals surface area contributed by atoms with E-state index < -0.39 is 5.82 Å². The summed E-state index contributed by atoms with van der Waals surface area (Å²) < 4.78 is 18.4. The van der Waals surface area contributed by atoms with Crippen molar-refractivity contribution < 1.29 is 14.2 Å². The number of halogens is 1. The second kappa shape index (κ2) is 6.91. The van der Waals surface area contributed by atoms with Crippen LogP contribution in [0.3, 0.4) is 0 Å². The summed E-state index contributed by atoms with van der Waals surface area (Å²) in [6.45, 7) is 1.15. The SMILES string of the molecule is COc1ccccc1CCNCc1cccc(F)c1O. The predicted octanol–water partition coefficient (Wildman–Crippen LogP) is 2.87. The maximum atomic E-state index is 13.2. The van der Waals surface area contributed by atoms with Crippen molar-refractivity contribution in [1.29, 1.82) is 0 Å². The third-order valence-corrected chi connectivity index (χ3v) is 3.15. The summed E-state index contributed by atoms with van der Waals surface area (Å²) in [5, 5.41) is 12.7. The van der Waals surface area contributed by atoms with Gasteiger partial charge in [-0.05, 0) is 30.7 Å². The molecule has 0 radical (unpaired) electrons. The number of hydrogen-bond acceptors (Lipinski definition) is 3. The van der Waals surface area contributed by atoms with Gasteiger partial charge < -0.3 is 15.2 Å². The zero-order chi connectivity index (χ0) is 14.4. The highest BCUT2D eigenvalue weighted by atomic mass is 19.1. The van der Waals surface area contributed by atoms with Gasteiger partial charge in [0.25, 0.3) is 0 Å². The van der Waals surface area contributed by atoms with E-state index in [9.17, 15) is 9.50 Å². The Hall–Kier alpha value is -2.07. The molecule has 106 valence electrons. The number of nitrogens with one attached hydrogen (secondary N) is 1. The normalized spacial score (nSPS) is 10.5. The Balaban J connectivity index is 1.86. The minimum absolute atomic E-state index is 0.280. The predicted molar refractivity (Wildman–Crippen MR) is 76.5 cm³/mol. The molecule has 0 heterocycles. The van der Waals surface area contributed by atoms with Crippen LogP contribution < -0.4 is 10.1 Å². The van der Waals surface area contributed by atoms with Gasteiger partial charge in [-0.2, -0.15) is 0 Å². The largest absolute Gasteiger partial charge is 0.505 e. The van der Waals surface area contributed by atoms with Crippen molar-refractivity contribution in [3.8, 4) is 11.5 Å². The standard InChI is InChI=1S/C16H18FNO2/c1-20-15-8-3-2-5-12(15)9-10-18-11-13-6-4-7-14(17)16(13)19/h2-8,18-19H,9-11H2,1H3. The fourth-order valence-electron chi connectivity index (χ4n) is 2.06. The number of rotatable bonds is 6. The molecule has 20 heavy (non-hydrogen) atoms. The maximum absolute atomic E-state index is 13.2. The van der Waals surface area contributed by atoms with Crippen LogP contribution in [0.1, 0.15) is 11.1 Å². The molecule has 0 aromatic heterocycles. The Morgan fingerprint density at radius 2 is 1.85 bits per heavy atom. The lowest BCUT2D eigenvalue weighted by atomic mass is 10.1. The van der Waals surface area contributed by atoms with Crippen molar-refractivity contribution in [2.24, 2.45) is 0 Å². The molecule has 0 saturated heterocycles. The molecular formula is C16H18FNO2. The van der Waals surface area contributed by atoms with E-state index in [-0.39, 0.29) is 5.75 Å². The number of benzene rings is 2. The first kappa shape index (κ1) is 14.3. The van der Waals surface area contributed by atoms with Crippen molar-refractivity contribution in [3.05, 3.63) is 59.4 Å². The zero-order valence-corrected chi connectivity index (χ0v) is 11.4. The molecule has 2 rings (SSSR count). The second-order valence-corrected chi connectivity index (χ2v) is 4.49. The number of ether oxygens (including phenoxy) is 1. The molecule has 0 unspecified atom stereocenters. The smallest absolute Gasteiger partial charge is 0.165 e. The molecule has 0 aliphatic carbocycles. The summed E-state index contributed by atoms with van der Waals surface area (Å²) >= 11 is 0. The van der Waals surface area contributed by atoms with Gasteiger partial charge in [0.05, 0.1) is 7.11 Å². The Labute approximate surface area is 118 Å². The van der Waals surface area contributed by atoms with E-state index >= 15 is 0 Å². The van der Waals surface area contributed by atoms with E-state index in [2.05, 4.69) is 5.32 Å². The van der Waals surface area contributed by atoms with E-state index in [1.165, 1.54) is 6.07 Å². The average molecular weight is 275 g/mol. The van der Waals surface area contributed by atoms with Gasteiger partial charge in [-0.1, -0.05) is 30.3 Å².